The second-order valence-corrected chi connectivity index (χ2v) is 7.70. The van der Waals surface area contributed by atoms with E-state index in [9.17, 15) is 4.79 Å². The number of amides is 1. The van der Waals surface area contributed by atoms with E-state index >= 15 is 0 Å². The van der Waals surface area contributed by atoms with E-state index < -0.39 is 0 Å². The van der Waals surface area contributed by atoms with Gasteiger partial charge in [-0.25, -0.2) is 4.98 Å². The van der Waals surface area contributed by atoms with Gasteiger partial charge in [0.05, 0.1) is 18.4 Å². The van der Waals surface area contributed by atoms with Crippen LogP contribution in [-0.2, 0) is 0 Å². The average Bonchev–Trinajstić information content (AvgIpc) is 3.43. The summed E-state index contributed by atoms with van der Waals surface area (Å²) in [5.74, 6) is 0.900. The maximum Gasteiger partial charge on any atom is 0.258 e. The summed E-state index contributed by atoms with van der Waals surface area (Å²) in [7, 11) is 1.66. The minimum absolute atomic E-state index is 0.0905. The minimum Gasteiger partial charge on any atom is -0.497 e. The molecule has 136 valence electrons. The second kappa shape index (κ2) is 6.39. The molecular weight excluding hydrogens is 358 g/mol. The Morgan fingerprint density at radius 1 is 1.19 bits per heavy atom. The Morgan fingerprint density at radius 3 is 2.85 bits per heavy atom. The van der Waals surface area contributed by atoms with Crippen molar-refractivity contribution in [1.29, 1.82) is 0 Å². The summed E-state index contributed by atoms with van der Waals surface area (Å²) < 4.78 is 5.32. The molecule has 0 spiro atoms. The van der Waals surface area contributed by atoms with Gasteiger partial charge in [-0.05, 0) is 37.1 Å². The summed E-state index contributed by atoms with van der Waals surface area (Å²) in [5, 5.41) is 6.50. The molecule has 0 saturated heterocycles. The van der Waals surface area contributed by atoms with E-state index in [0.717, 1.165) is 46.1 Å². The maximum absolute atomic E-state index is 13.1. The van der Waals surface area contributed by atoms with E-state index in [4.69, 9.17) is 9.72 Å². The van der Waals surface area contributed by atoms with Gasteiger partial charge in [-0.2, -0.15) is 0 Å². The summed E-state index contributed by atoms with van der Waals surface area (Å²) >= 11 is 1.59. The summed E-state index contributed by atoms with van der Waals surface area (Å²) in [6, 6.07) is 15.9. The Hall–Kier alpha value is -2.86. The number of hydrogen-bond acceptors (Lipinski definition) is 5. The predicted octanol–water partition coefficient (Wildman–Crippen LogP) is 4.55. The van der Waals surface area contributed by atoms with E-state index in [1.165, 1.54) is 0 Å². The lowest BCUT2D eigenvalue weighted by molar-refractivity contribution is 0.0663. The van der Waals surface area contributed by atoms with Crippen LogP contribution in [-0.4, -0.2) is 28.9 Å². The highest BCUT2D eigenvalue weighted by Crippen LogP contribution is 2.41. The van der Waals surface area contributed by atoms with Crippen LogP contribution < -0.4 is 10.1 Å². The van der Waals surface area contributed by atoms with Crippen LogP contribution in [0.3, 0.4) is 0 Å². The zero-order valence-corrected chi connectivity index (χ0v) is 15.7. The third-order valence-electron chi connectivity index (χ3n) is 5.02. The number of carbonyl (C=O) groups is 1. The largest absolute Gasteiger partial charge is 0.497 e. The zero-order chi connectivity index (χ0) is 18.4. The summed E-state index contributed by atoms with van der Waals surface area (Å²) in [4.78, 5) is 19.9. The second-order valence-electron chi connectivity index (χ2n) is 6.85. The molecule has 0 bridgehead atoms. The number of thiazole rings is 1. The molecule has 27 heavy (non-hydrogen) atoms. The van der Waals surface area contributed by atoms with Gasteiger partial charge in [0.15, 0.2) is 0 Å². The molecule has 1 fully saturated rings. The zero-order valence-electron chi connectivity index (χ0n) is 14.9. The van der Waals surface area contributed by atoms with Gasteiger partial charge in [0.25, 0.3) is 5.91 Å². The molecule has 0 unspecified atom stereocenters. The van der Waals surface area contributed by atoms with E-state index in [1.54, 1.807) is 18.4 Å². The normalized spacial score (nSPS) is 18.8. The van der Waals surface area contributed by atoms with Crippen molar-refractivity contribution in [2.24, 2.45) is 0 Å². The highest BCUT2D eigenvalue weighted by Gasteiger charge is 2.42. The van der Waals surface area contributed by atoms with Crippen LogP contribution in [0.25, 0.3) is 10.6 Å². The number of nitrogens with one attached hydrogen (secondary N) is 1. The first kappa shape index (κ1) is 16.3. The lowest BCUT2D eigenvalue weighted by Gasteiger charge is -2.37. The lowest BCUT2D eigenvalue weighted by Crippen LogP contribution is -2.44. The standard InChI is InChI=1S/C21H19N3O2S/c1-26-15-6-4-5-13(11-15)20-23-18(12-27-20)19-22-17-8-3-2-7-16(17)21(25)24(19)14-9-10-14/h2-8,11-12,14,19,22H,9-10H2,1H3/t19-/m1/s1. The van der Waals surface area contributed by atoms with Crippen molar-refractivity contribution in [2.45, 2.75) is 25.0 Å². The van der Waals surface area contributed by atoms with Gasteiger partial charge in [0.1, 0.15) is 16.9 Å². The molecule has 1 aliphatic heterocycles. The Kier molecular flexibility index (Phi) is 3.86. The lowest BCUT2D eigenvalue weighted by atomic mass is 10.1. The summed E-state index contributed by atoms with van der Waals surface area (Å²) in [6.45, 7) is 0. The van der Waals surface area contributed by atoms with Crippen LogP contribution in [0.1, 0.15) is 35.1 Å². The number of rotatable bonds is 4. The first-order valence-corrected chi connectivity index (χ1v) is 9.90. The third-order valence-corrected chi connectivity index (χ3v) is 5.93. The van der Waals surface area contributed by atoms with Crippen molar-refractivity contribution in [3.8, 4) is 16.3 Å². The molecule has 2 aliphatic rings. The Morgan fingerprint density at radius 2 is 2.04 bits per heavy atom. The topological polar surface area (TPSA) is 54.5 Å². The van der Waals surface area contributed by atoms with Gasteiger partial charge in [-0.1, -0.05) is 24.3 Å². The Labute approximate surface area is 161 Å². The Bertz CT molecular complexity index is 1010. The summed E-state index contributed by atoms with van der Waals surface area (Å²) in [6.07, 6.45) is 1.88. The average molecular weight is 377 g/mol. The molecule has 1 atom stereocenters. The van der Waals surface area contributed by atoms with Gasteiger partial charge in [-0.15, -0.1) is 11.3 Å². The van der Waals surface area contributed by atoms with Crippen molar-refractivity contribution < 1.29 is 9.53 Å². The fraction of sp³-hybridized carbons (Fsp3) is 0.238. The Balaban J connectivity index is 1.52. The maximum atomic E-state index is 13.1. The fourth-order valence-electron chi connectivity index (χ4n) is 3.51. The molecule has 1 aliphatic carbocycles. The van der Waals surface area contributed by atoms with Crippen LogP contribution in [0.15, 0.2) is 53.9 Å². The van der Waals surface area contributed by atoms with Crippen molar-refractivity contribution in [3.05, 3.63) is 65.2 Å². The minimum atomic E-state index is -0.226. The molecule has 5 nitrogen and oxygen atoms in total. The molecular formula is C21H19N3O2S. The van der Waals surface area contributed by atoms with Gasteiger partial charge in [-0.3, -0.25) is 4.79 Å². The SMILES string of the molecule is COc1cccc(-c2nc([C@@H]3Nc4ccccc4C(=O)N3C3CC3)cs2)c1. The number of fused-ring (bicyclic) bond motifs is 1. The highest BCUT2D eigenvalue weighted by molar-refractivity contribution is 7.13. The quantitative estimate of drug-likeness (QED) is 0.725. The van der Waals surface area contributed by atoms with E-state index in [-0.39, 0.29) is 12.1 Å². The number of aromatic nitrogens is 1. The van der Waals surface area contributed by atoms with Crippen LogP contribution in [0.2, 0.25) is 0 Å². The van der Waals surface area contributed by atoms with Gasteiger partial charge < -0.3 is 15.0 Å². The van der Waals surface area contributed by atoms with Crippen LogP contribution in [0.4, 0.5) is 5.69 Å². The molecule has 3 aromatic rings. The number of hydrogen-bond donors (Lipinski definition) is 1. The number of carbonyl (C=O) groups excluding carboxylic acids is 1. The van der Waals surface area contributed by atoms with Crippen LogP contribution in [0, 0.1) is 0 Å². The third kappa shape index (κ3) is 2.86. The van der Waals surface area contributed by atoms with E-state index in [1.807, 2.05) is 58.8 Å². The number of para-hydroxylation sites is 1. The van der Waals surface area contributed by atoms with E-state index in [2.05, 4.69) is 5.32 Å². The molecule has 5 rings (SSSR count). The van der Waals surface area contributed by atoms with Gasteiger partial charge in [0, 0.05) is 22.7 Å². The molecule has 6 heteroatoms. The fourth-order valence-corrected chi connectivity index (χ4v) is 4.35. The van der Waals surface area contributed by atoms with Crippen LogP contribution >= 0.6 is 11.3 Å². The monoisotopic (exact) mass is 377 g/mol. The van der Waals surface area contributed by atoms with Gasteiger partial charge in [0.2, 0.25) is 0 Å². The number of nitrogens with zero attached hydrogens (tertiary/aromatic N) is 2. The molecule has 2 aromatic carbocycles. The highest BCUT2D eigenvalue weighted by atomic mass is 32.1. The number of ether oxygens (including phenoxy) is 1. The predicted molar refractivity (Wildman–Crippen MR) is 106 cm³/mol. The smallest absolute Gasteiger partial charge is 0.258 e. The molecule has 0 radical (unpaired) electrons. The van der Waals surface area contributed by atoms with Crippen LogP contribution in [0.5, 0.6) is 5.75 Å². The number of methoxy groups -OCH3 is 1. The van der Waals surface area contributed by atoms with Crippen molar-refractivity contribution >= 4 is 22.9 Å². The van der Waals surface area contributed by atoms with E-state index in [0.29, 0.717) is 6.04 Å². The number of anilines is 1. The first-order chi connectivity index (χ1) is 13.2. The van der Waals surface area contributed by atoms with Crippen molar-refractivity contribution in [3.63, 3.8) is 0 Å². The molecule has 1 aromatic heterocycles. The molecule has 1 N–H and O–H groups in total. The van der Waals surface area contributed by atoms with Crippen molar-refractivity contribution in [1.82, 2.24) is 9.88 Å². The van der Waals surface area contributed by atoms with Gasteiger partial charge >= 0.3 is 0 Å². The molecule has 1 amide bonds. The summed E-state index contributed by atoms with van der Waals surface area (Å²) in [5.41, 5.74) is 3.52. The first-order valence-electron chi connectivity index (χ1n) is 9.02. The molecule has 1 saturated carbocycles. The molecule has 2 heterocycles. The van der Waals surface area contributed by atoms with Crippen molar-refractivity contribution in [2.75, 3.05) is 12.4 Å². The number of benzene rings is 2.